The summed E-state index contributed by atoms with van der Waals surface area (Å²) in [7, 11) is 1.74. The smallest absolute Gasteiger partial charge is 0.224 e. The van der Waals surface area contributed by atoms with Crippen LogP contribution in [0.25, 0.3) is 0 Å². The van der Waals surface area contributed by atoms with Gasteiger partial charge in [-0.3, -0.25) is 9.79 Å². The topological polar surface area (TPSA) is 65.5 Å². The number of anilines is 1. The molecule has 3 N–H and O–H groups in total. The van der Waals surface area contributed by atoms with Gasteiger partial charge in [0, 0.05) is 36.8 Å². The van der Waals surface area contributed by atoms with Gasteiger partial charge in [0.2, 0.25) is 5.91 Å². The van der Waals surface area contributed by atoms with E-state index in [9.17, 15) is 4.79 Å². The largest absolute Gasteiger partial charge is 0.356 e. The SMILES string of the molecule is CCC(C)NC(=NC)NCCCC(=O)Nc1ccc(Cl)cc1.I. The maximum absolute atomic E-state index is 11.8. The fourth-order valence-corrected chi connectivity index (χ4v) is 1.87. The van der Waals surface area contributed by atoms with Crippen LogP contribution in [0.1, 0.15) is 33.1 Å². The molecule has 0 fully saturated rings. The van der Waals surface area contributed by atoms with Crippen molar-refractivity contribution >= 4 is 53.1 Å². The zero-order valence-corrected chi connectivity index (χ0v) is 16.9. The Morgan fingerprint density at radius 3 is 2.52 bits per heavy atom. The molecule has 0 heterocycles. The summed E-state index contributed by atoms with van der Waals surface area (Å²) in [4.78, 5) is 16.0. The zero-order chi connectivity index (χ0) is 16.4. The van der Waals surface area contributed by atoms with Crippen LogP contribution < -0.4 is 16.0 Å². The Labute approximate surface area is 160 Å². The van der Waals surface area contributed by atoms with Gasteiger partial charge in [-0.05, 0) is 44.0 Å². The molecule has 1 amide bonds. The van der Waals surface area contributed by atoms with Crippen molar-refractivity contribution in [2.24, 2.45) is 4.99 Å². The lowest BCUT2D eigenvalue weighted by atomic mass is 10.2. The van der Waals surface area contributed by atoms with Crippen LogP contribution in [0.2, 0.25) is 5.02 Å². The van der Waals surface area contributed by atoms with E-state index in [0.717, 1.165) is 24.5 Å². The van der Waals surface area contributed by atoms with Crippen molar-refractivity contribution in [3.05, 3.63) is 29.3 Å². The molecule has 5 nitrogen and oxygen atoms in total. The quantitative estimate of drug-likeness (QED) is 0.256. The molecule has 0 aliphatic rings. The van der Waals surface area contributed by atoms with Crippen LogP contribution in [0.3, 0.4) is 0 Å². The van der Waals surface area contributed by atoms with E-state index in [0.29, 0.717) is 24.0 Å². The van der Waals surface area contributed by atoms with Crippen LogP contribution in [0.5, 0.6) is 0 Å². The Bertz CT molecular complexity index is 493. The summed E-state index contributed by atoms with van der Waals surface area (Å²) in [6.07, 6.45) is 2.22. The van der Waals surface area contributed by atoms with E-state index in [-0.39, 0.29) is 29.9 Å². The second-order valence-corrected chi connectivity index (χ2v) is 5.55. The first-order chi connectivity index (χ1) is 10.5. The highest BCUT2D eigenvalue weighted by Gasteiger charge is 2.04. The van der Waals surface area contributed by atoms with E-state index in [1.807, 2.05) is 0 Å². The highest BCUT2D eigenvalue weighted by molar-refractivity contribution is 14.0. The van der Waals surface area contributed by atoms with E-state index in [2.05, 4.69) is 34.8 Å². The summed E-state index contributed by atoms with van der Waals surface area (Å²) < 4.78 is 0. The number of guanidine groups is 1. The Morgan fingerprint density at radius 2 is 1.96 bits per heavy atom. The fraction of sp³-hybridized carbons (Fsp3) is 0.500. The van der Waals surface area contributed by atoms with E-state index >= 15 is 0 Å². The lowest BCUT2D eigenvalue weighted by Gasteiger charge is -2.16. The Kier molecular flexibility index (Phi) is 11.9. The molecule has 1 aromatic carbocycles. The lowest BCUT2D eigenvalue weighted by Crippen LogP contribution is -2.42. The van der Waals surface area contributed by atoms with Gasteiger partial charge in [-0.15, -0.1) is 24.0 Å². The molecule has 1 rings (SSSR count). The van der Waals surface area contributed by atoms with E-state index in [4.69, 9.17) is 11.6 Å². The summed E-state index contributed by atoms with van der Waals surface area (Å²) in [6, 6.07) is 7.46. The number of carbonyl (C=O) groups is 1. The first-order valence-electron chi connectivity index (χ1n) is 7.57. The summed E-state index contributed by atoms with van der Waals surface area (Å²) >= 11 is 5.80. The van der Waals surface area contributed by atoms with Gasteiger partial charge < -0.3 is 16.0 Å². The number of nitrogens with zero attached hydrogens (tertiary/aromatic N) is 1. The lowest BCUT2D eigenvalue weighted by molar-refractivity contribution is -0.116. The van der Waals surface area contributed by atoms with Gasteiger partial charge >= 0.3 is 0 Å². The molecule has 0 radical (unpaired) electrons. The molecule has 1 unspecified atom stereocenters. The summed E-state index contributed by atoms with van der Waals surface area (Å²) in [5.74, 6) is 0.765. The van der Waals surface area contributed by atoms with Crippen LogP contribution >= 0.6 is 35.6 Å². The minimum Gasteiger partial charge on any atom is -0.356 e. The third kappa shape index (κ3) is 9.65. The molecule has 0 spiro atoms. The first kappa shape index (κ1) is 22.0. The van der Waals surface area contributed by atoms with Crippen LogP contribution in [0.15, 0.2) is 29.3 Å². The van der Waals surface area contributed by atoms with Gasteiger partial charge in [-0.1, -0.05) is 18.5 Å². The van der Waals surface area contributed by atoms with Crippen molar-refractivity contribution in [1.29, 1.82) is 0 Å². The van der Waals surface area contributed by atoms with Crippen LogP contribution in [-0.2, 0) is 4.79 Å². The molecule has 0 aliphatic heterocycles. The van der Waals surface area contributed by atoms with Gasteiger partial charge in [-0.2, -0.15) is 0 Å². The molecule has 0 saturated heterocycles. The van der Waals surface area contributed by atoms with Crippen LogP contribution in [-0.4, -0.2) is 31.5 Å². The van der Waals surface area contributed by atoms with Gasteiger partial charge in [-0.25, -0.2) is 0 Å². The van der Waals surface area contributed by atoms with E-state index in [1.165, 1.54) is 0 Å². The molecule has 23 heavy (non-hydrogen) atoms. The number of hydrogen-bond donors (Lipinski definition) is 3. The minimum absolute atomic E-state index is 0. The monoisotopic (exact) mass is 452 g/mol. The Hall–Kier alpha value is -1.02. The van der Waals surface area contributed by atoms with Crippen molar-refractivity contribution in [1.82, 2.24) is 10.6 Å². The average Bonchev–Trinajstić information content (AvgIpc) is 2.52. The zero-order valence-electron chi connectivity index (χ0n) is 13.9. The maximum Gasteiger partial charge on any atom is 0.224 e. The Balaban J connectivity index is 0.00000484. The molecule has 130 valence electrons. The van der Waals surface area contributed by atoms with Gasteiger partial charge in [0.05, 0.1) is 0 Å². The number of amides is 1. The molecular formula is C16H26ClIN4O. The molecule has 0 bridgehead atoms. The second-order valence-electron chi connectivity index (χ2n) is 5.11. The van der Waals surface area contributed by atoms with Crippen LogP contribution in [0.4, 0.5) is 5.69 Å². The third-order valence-corrected chi connectivity index (χ3v) is 3.47. The van der Waals surface area contributed by atoms with Crippen LogP contribution in [0, 0.1) is 0 Å². The molecule has 1 aromatic rings. The van der Waals surface area contributed by atoms with Crippen molar-refractivity contribution < 1.29 is 4.79 Å². The molecule has 0 saturated carbocycles. The van der Waals surface area contributed by atoms with Crippen molar-refractivity contribution in [3.63, 3.8) is 0 Å². The standard InChI is InChI=1S/C16H25ClN4O.HI/c1-4-12(2)20-16(18-3)19-11-5-6-15(22)21-14-9-7-13(17)8-10-14;/h7-10,12H,4-6,11H2,1-3H3,(H,21,22)(H2,18,19,20);1H. The second kappa shape index (κ2) is 12.4. The number of halogens is 2. The summed E-state index contributed by atoms with van der Waals surface area (Å²) in [6.45, 7) is 4.92. The normalized spacial score (nSPS) is 12.1. The summed E-state index contributed by atoms with van der Waals surface area (Å²) in [5, 5.41) is 9.97. The highest BCUT2D eigenvalue weighted by Crippen LogP contribution is 2.13. The summed E-state index contributed by atoms with van der Waals surface area (Å²) in [5.41, 5.74) is 0.761. The number of rotatable bonds is 7. The van der Waals surface area contributed by atoms with Crippen molar-refractivity contribution in [3.8, 4) is 0 Å². The molecular weight excluding hydrogens is 427 g/mol. The Morgan fingerprint density at radius 1 is 1.30 bits per heavy atom. The van der Waals surface area contributed by atoms with E-state index in [1.54, 1.807) is 31.3 Å². The number of benzene rings is 1. The number of carbonyl (C=O) groups excluding carboxylic acids is 1. The third-order valence-electron chi connectivity index (χ3n) is 3.22. The predicted molar refractivity (Wildman–Crippen MR) is 109 cm³/mol. The molecule has 0 aliphatic carbocycles. The average molecular weight is 453 g/mol. The first-order valence-corrected chi connectivity index (χ1v) is 7.95. The van der Waals surface area contributed by atoms with Gasteiger partial charge in [0.25, 0.3) is 0 Å². The molecule has 0 aromatic heterocycles. The predicted octanol–water partition coefficient (Wildman–Crippen LogP) is 3.64. The van der Waals surface area contributed by atoms with E-state index < -0.39 is 0 Å². The maximum atomic E-state index is 11.8. The fourth-order valence-electron chi connectivity index (χ4n) is 1.74. The van der Waals surface area contributed by atoms with Gasteiger partial charge in [0.15, 0.2) is 5.96 Å². The molecule has 7 heteroatoms. The highest BCUT2D eigenvalue weighted by atomic mass is 127. The minimum atomic E-state index is -0.00556. The number of aliphatic imine (C=N–C) groups is 1. The number of nitrogens with one attached hydrogen (secondary N) is 3. The van der Waals surface area contributed by atoms with Gasteiger partial charge in [0.1, 0.15) is 0 Å². The molecule has 1 atom stereocenters. The number of hydrogen-bond acceptors (Lipinski definition) is 2. The van der Waals surface area contributed by atoms with Crippen molar-refractivity contribution in [2.45, 2.75) is 39.2 Å². The van der Waals surface area contributed by atoms with Crippen molar-refractivity contribution in [2.75, 3.05) is 18.9 Å².